The number of aromatic nitrogens is 2. The molecule has 0 saturated heterocycles. The van der Waals surface area contributed by atoms with Crippen LogP contribution in [0, 0.1) is 5.82 Å². The summed E-state index contributed by atoms with van der Waals surface area (Å²) in [7, 11) is 0. The maximum Gasteiger partial charge on any atom is 0.269 e. The molecule has 2 amide bonds. The Kier molecular flexibility index (Phi) is 8.65. The maximum atomic E-state index is 14.3. The molecule has 12 heteroatoms. The van der Waals surface area contributed by atoms with E-state index in [1.807, 2.05) is 0 Å². The van der Waals surface area contributed by atoms with Crippen LogP contribution in [0.3, 0.4) is 0 Å². The van der Waals surface area contributed by atoms with Gasteiger partial charge in [-0.3, -0.25) is 14.6 Å². The lowest BCUT2D eigenvalue weighted by molar-refractivity contribution is -0.117. The number of para-hydroxylation sites is 1. The van der Waals surface area contributed by atoms with E-state index in [4.69, 9.17) is 32.7 Å². The number of nitrogens with zero attached hydrogens (tertiary/aromatic N) is 3. The normalized spacial score (nSPS) is 15.0. The zero-order valence-corrected chi connectivity index (χ0v) is 23.9. The van der Waals surface area contributed by atoms with Gasteiger partial charge in [-0.2, -0.15) is 0 Å². The van der Waals surface area contributed by atoms with Crippen LogP contribution in [0.4, 0.5) is 10.1 Å². The number of amides is 2. The molecule has 2 N–H and O–H groups in total. The Morgan fingerprint density at radius 1 is 1.14 bits per heavy atom. The van der Waals surface area contributed by atoms with Gasteiger partial charge in [0.2, 0.25) is 12.0 Å². The molecule has 42 heavy (non-hydrogen) atoms. The third-order valence-corrected chi connectivity index (χ3v) is 6.79. The molecule has 0 aliphatic carbocycles. The first kappa shape index (κ1) is 29.0. The summed E-state index contributed by atoms with van der Waals surface area (Å²) in [5.74, 6) is -2.03. The molecule has 9 nitrogen and oxygen atoms in total. The average Bonchev–Trinajstić information content (AvgIpc) is 3.10. The van der Waals surface area contributed by atoms with Crippen LogP contribution < -0.4 is 20.1 Å². The molecule has 0 saturated carbocycles. The second-order valence-corrected chi connectivity index (χ2v) is 9.98. The van der Waals surface area contributed by atoms with Crippen molar-refractivity contribution in [3.8, 4) is 11.6 Å². The summed E-state index contributed by atoms with van der Waals surface area (Å²) in [4.78, 5) is 39.5. The number of carbonyl (C=O) groups excluding carboxylic acids is 2. The molecule has 1 aliphatic rings. The second kappa shape index (κ2) is 12.5. The smallest absolute Gasteiger partial charge is 0.269 e. The van der Waals surface area contributed by atoms with E-state index in [1.54, 1.807) is 68.7 Å². The number of nitrogens with one attached hydrogen (secondary N) is 2. The minimum Gasteiger partial charge on any atom is -0.493 e. The summed E-state index contributed by atoms with van der Waals surface area (Å²) in [6.45, 7) is 3.85. The second-order valence-electron chi connectivity index (χ2n) is 9.13. The predicted molar refractivity (Wildman–Crippen MR) is 157 cm³/mol. The fourth-order valence-corrected chi connectivity index (χ4v) is 4.90. The molecule has 0 bridgehead atoms. The Morgan fingerprint density at radius 3 is 2.71 bits per heavy atom. The van der Waals surface area contributed by atoms with Gasteiger partial charge in [0.1, 0.15) is 23.2 Å². The van der Waals surface area contributed by atoms with Crippen molar-refractivity contribution >= 4 is 46.4 Å². The highest BCUT2D eigenvalue weighted by Crippen LogP contribution is 2.36. The Balaban J connectivity index is 1.54. The lowest BCUT2D eigenvalue weighted by atomic mass is 9.99. The van der Waals surface area contributed by atoms with Crippen molar-refractivity contribution in [1.82, 2.24) is 15.3 Å². The van der Waals surface area contributed by atoms with Crippen LogP contribution in [0.2, 0.25) is 10.0 Å². The topological polar surface area (TPSA) is 115 Å². The van der Waals surface area contributed by atoms with Crippen molar-refractivity contribution < 1.29 is 23.5 Å². The Hall–Kier alpha value is -4.54. The number of pyridine rings is 2. The molecule has 5 rings (SSSR count). The van der Waals surface area contributed by atoms with Crippen LogP contribution in [0.25, 0.3) is 0 Å². The number of benzene rings is 2. The van der Waals surface area contributed by atoms with E-state index >= 15 is 0 Å². The predicted octanol–water partition coefficient (Wildman–Crippen LogP) is 6.01. The van der Waals surface area contributed by atoms with Crippen molar-refractivity contribution in [1.29, 1.82) is 0 Å². The summed E-state index contributed by atoms with van der Waals surface area (Å²) in [5, 5.41) is 5.94. The molecule has 2 unspecified atom stereocenters. The number of anilines is 1. The molecule has 1 aliphatic heterocycles. The van der Waals surface area contributed by atoms with Gasteiger partial charge in [-0.1, -0.05) is 47.5 Å². The summed E-state index contributed by atoms with van der Waals surface area (Å²) in [5.41, 5.74) is 2.13. The van der Waals surface area contributed by atoms with E-state index in [2.05, 4.69) is 25.6 Å². The van der Waals surface area contributed by atoms with Crippen LogP contribution in [0.5, 0.6) is 11.6 Å². The molecular weight excluding hydrogens is 584 g/mol. The number of hydrogen-bond donors (Lipinski definition) is 2. The Labute approximate surface area is 250 Å². The number of rotatable bonds is 8. The average molecular weight is 608 g/mol. The number of carbonyl (C=O) groups is 2. The Morgan fingerprint density at radius 2 is 1.95 bits per heavy atom. The van der Waals surface area contributed by atoms with E-state index in [0.717, 1.165) is 17.8 Å². The van der Waals surface area contributed by atoms with Gasteiger partial charge in [0.25, 0.3) is 11.8 Å². The standard InChI is InChI=1S/C30H24Cl2FN5O4/c1-3-41-24-12-18(31)11-22(32)25(24)26-20-8-4-5-9-23(20)36-29(40)27(37-26)38-28(39)21-13-19(33)15-35-30(21)42-16(2)17-7-6-10-34-14-17/h4-16,27H,3H2,1-2H3,(H,36,40)(H,38,39). The third-order valence-electron chi connectivity index (χ3n) is 6.27. The monoisotopic (exact) mass is 607 g/mol. The van der Waals surface area contributed by atoms with Gasteiger partial charge in [0.15, 0.2) is 0 Å². The minimum absolute atomic E-state index is 0.133. The zero-order chi connectivity index (χ0) is 29.8. The van der Waals surface area contributed by atoms with Crippen LogP contribution in [0.15, 0.2) is 78.2 Å². The molecule has 2 aromatic carbocycles. The van der Waals surface area contributed by atoms with Crippen LogP contribution >= 0.6 is 23.2 Å². The number of ether oxygens (including phenoxy) is 2. The quantitative estimate of drug-likeness (QED) is 0.253. The first-order chi connectivity index (χ1) is 20.2. The highest BCUT2D eigenvalue weighted by atomic mass is 35.5. The van der Waals surface area contributed by atoms with Gasteiger partial charge in [0.05, 0.1) is 34.8 Å². The van der Waals surface area contributed by atoms with E-state index in [-0.39, 0.29) is 22.2 Å². The molecule has 214 valence electrons. The maximum absolute atomic E-state index is 14.3. The summed E-state index contributed by atoms with van der Waals surface area (Å²) < 4.78 is 26.0. The van der Waals surface area contributed by atoms with Crippen LogP contribution in [-0.2, 0) is 4.79 Å². The van der Waals surface area contributed by atoms with Gasteiger partial charge in [-0.05, 0) is 44.2 Å². The first-order valence-electron chi connectivity index (χ1n) is 12.9. The lowest BCUT2D eigenvalue weighted by Gasteiger charge is -2.18. The number of aliphatic imine (C=N–C) groups is 1. The molecule has 0 radical (unpaired) electrons. The Bertz CT molecular complexity index is 1690. The molecular formula is C30H24Cl2FN5O4. The SMILES string of the molecule is CCOc1cc(Cl)cc(Cl)c1C1=NC(NC(=O)c2cc(F)cnc2OC(C)c2cccnc2)C(=O)Nc2ccccc21. The van der Waals surface area contributed by atoms with Gasteiger partial charge >= 0.3 is 0 Å². The molecule has 0 spiro atoms. The third kappa shape index (κ3) is 6.19. The van der Waals surface area contributed by atoms with Crippen molar-refractivity contribution in [2.24, 2.45) is 4.99 Å². The molecule has 3 heterocycles. The van der Waals surface area contributed by atoms with E-state index in [9.17, 15) is 14.0 Å². The lowest BCUT2D eigenvalue weighted by Crippen LogP contribution is -2.42. The van der Waals surface area contributed by atoms with Crippen LogP contribution in [-0.4, -0.2) is 40.3 Å². The molecule has 2 atom stereocenters. The minimum atomic E-state index is -1.45. The van der Waals surface area contributed by atoms with Gasteiger partial charge in [-0.25, -0.2) is 14.4 Å². The molecule has 4 aromatic rings. The van der Waals surface area contributed by atoms with Crippen molar-refractivity contribution in [3.05, 3.63) is 111 Å². The van der Waals surface area contributed by atoms with Crippen molar-refractivity contribution in [3.63, 3.8) is 0 Å². The largest absolute Gasteiger partial charge is 0.493 e. The highest BCUT2D eigenvalue weighted by molar-refractivity contribution is 6.39. The van der Waals surface area contributed by atoms with Crippen molar-refractivity contribution in [2.75, 3.05) is 11.9 Å². The summed E-state index contributed by atoms with van der Waals surface area (Å²) in [6.07, 6.45) is 2.15. The van der Waals surface area contributed by atoms with Crippen molar-refractivity contribution in [2.45, 2.75) is 26.1 Å². The zero-order valence-electron chi connectivity index (χ0n) is 22.4. The van der Waals surface area contributed by atoms with Crippen LogP contribution in [0.1, 0.15) is 47.0 Å². The van der Waals surface area contributed by atoms with E-state index < -0.39 is 29.9 Å². The fourth-order valence-electron chi connectivity index (χ4n) is 4.34. The number of hydrogen-bond acceptors (Lipinski definition) is 7. The van der Waals surface area contributed by atoms with Gasteiger partial charge < -0.3 is 20.1 Å². The van der Waals surface area contributed by atoms with E-state index in [0.29, 0.717) is 34.2 Å². The van der Waals surface area contributed by atoms with Gasteiger partial charge in [-0.15, -0.1) is 0 Å². The molecule has 2 aromatic heterocycles. The number of halogens is 3. The number of benzodiazepines with no additional fused rings is 1. The van der Waals surface area contributed by atoms with E-state index in [1.165, 1.54) is 6.07 Å². The summed E-state index contributed by atoms with van der Waals surface area (Å²) >= 11 is 12.9. The number of fused-ring (bicyclic) bond motifs is 1. The first-order valence-corrected chi connectivity index (χ1v) is 13.6. The highest BCUT2D eigenvalue weighted by Gasteiger charge is 2.31. The fraction of sp³-hybridized carbons (Fsp3) is 0.167. The van der Waals surface area contributed by atoms with Gasteiger partial charge in [0, 0.05) is 28.5 Å². The molecule has 0 fully saturated rings. The summed E-state index contributed by atoms with van der Waals surface area (Å²) in [6, 6.07) is 14.6.